The first-order valence-electron chi connectivity index (χ1n) is 6.23. The highest BCUT2D eigenvalue weighted by molar-refractivity contribution is 5.91. The van der Waals surface area contributed by atoms with Crippen molar-refractivity contribution in [1.29, 1.82) is 0 Å². The number of carbonyl (C=O) groups is 2. The molecule has 1 amide bonds. The zero-order valence-corrected chi connectivity index (χ0v) is 11.3. The first kappa shape index (κ1) is 13.5. The average Bonchev–Trinajstić information content (AvgIpc) is 2.92. The molecule has 5 heteroatoms. The minimum absolute atomic E-state index is 0.122. The number of hydrogen-bond donors (Lipinski definition) is 1. The Balaban J connectivity index is 2.03. The van der Waals surface area contributed by atoms with Crippen LogP contribution < -0.4 is 0 Å². The number of aromatic nitrogens is 1. The van der Waals surface area contributed by atoms with Crippen LogP contribution in [-0.4, -0.2) is 33.9 Å². The standard InChI is InChI=1S/C14H18N2O3/c1-14(2)10(11(14)13(18)19)12(17)16(3)8-9-6-4-5-7-15-9/h4-7,10-11H,8H2,1-3H3,(H,18,19). The van der Waals surface area contributed by atoms with Crippen molar-refractivity contribution in [2.24, 2.45) is 17.3 Å². The van der Waals surface area contributed by atoms with E-state index in [9.17, 15) is 9.59 Å². The average molecular weight is 262 g/mol. The van der Waals surface area contributed by atoms with E-state index in [0.29, 0.717) is 6.54 Å². The SMILES string of the molecule is CN(Cc1ccccn1)C(=O)C1C(C(=O)O)C1(C)C. The molecule has 1 aliphatic carbocycles. The molecule has 0 aliphatic heterocycles. The van der Waals surface area contributed by atoms with Gasteiger partial charge in [-0.15, -0.1) is 0 Å². The molecule has 2 atom stereocenters. The summed E-state index contributed by atoms with van der Waals surface area (Å²) in [7, 11) is 1.68. The van der Waals surface area contributed by atoms with Crippen molar-refractivity contribution in [1.82, 2.24) is 9.88 Å². The van der Waals surface area contributed by atoms with Gasteiger partial charge in [-0.25, -0.2) is 0 Å². The number of carboxylic acids is 1. The molecule has 1 saturated carbocycles. The van der Waals surface area contributed by atoms with Gasteiger partial charge in [-0.3, -0.25) is 14.6 Å². The van der Waals surface area contributed by atoms with Crippen LogP contribution in [0, 0.1) is 17.3 Å². The Morgan fingerprint density at radius 3 is 2.53 bits per heavy atom. The van der Waals surface area contributed by atoms with Gasteiger partial charge in [0.2, 0.25) is 5.91 Å². The second-order valence-electron chi connectivity index (χ2n) is 5.63. The summed E-state index contributed by atoms with van der Waals surface area (Å²) in [6, 6.07) is 5.52. The molecule has 0 bridgehead atoms. The van der Waals surface area contributed by atoms with Gasteiger partial charge in [0, 0.05) is 13.2 Å². The Bertz CT molecular complexity index is 499. The molecular formula is C14H18N2O3. The van der Waals surface area contributed by atoms with Gasteiger partial charge >= 0.3 is 5.97 Å². The molecule has 1 aliphatic rings. The number of pyridine rings is 1. The van der Waals surface area contributed by atoms with Gasteiger partial charge in [0.05, 0.1) is 24.1 Å². The molecule has 1 fully saturated rings. The van der Waals surface area contributed by atoms with Crippen LogP contribution in [-0.2, 0) is 16.1 Å². The molecule has 0 aromatic carbocycles. The molecule has 5 nitrogen and oxygen atoms in total. The van der Waals surface area contributed by atoms with E-state index in [4.69, 9.17) is 5.11 Å². The fraction of sp³-hybridized carbons (Fsp3) is 0.500. The van der Waals surface area contributed by atoms with Gasteiger partial charge in [0.1, 0.15) is 0 Å². The fourth-order valence-electron chi connectivity index (χ4n) is 2.61. The maximum absolute atomic E-state index is 12.3. The van der Waals surface area contributed by atoms with Crippen LogP contribution in [0.3, 0.4) is 0 Å². The lowest BCUT2D eigenvalue weighted by molar-refractivity contribution is -0.141. The maximum atomic E-state index is 12.3. The number of carboxylic acid groups (broad SMARTS) is 1. The van der Waals surface area contributed by atoms with Crippen LogP contribution in [0.5, 0.6) is 0 Å². The summed E-state index contributed by atoms with van der Waals surface area (Å²) in [5, 5.41) is 9.10. The summed E-state index contributed by atoms with van der Waals surface area (Å²) in [6.07, 6.45) is 1.68. The van der Waals surface area contributed by atoms with E-state index in [0.717, 1.165) is 5.69 Å². The van der Waals surface area contributed by atoms with Crippen LogP contribution in [0.15, 0.2) is 24.4 Å². The van der Waals surface area contributed by atoms with E-state index in [2.05, 4.69) is 4.98 Å². The molecule has 0 radical (unpaired) electrons. The van der Waals surface area contributed by atoms with E-state index in [1.165, 1.54) is 0 Å². The van der Waals surface area contributed by atoms with Crippen LogP contribution in [0.4, 0.5) is 0 Å². The fourth-order valence-corrected chi connectivity index (χ4v) is 2.61. The predicted molar refractivity (Wildman–Crippen MR) is 69.1 cm³/mol. The lowest BCUT2D eigenvalue weighted by atomic mass is 10.1. The summed E-state index contributed by atoms with van der Waals surface area (Å²) in [4.78, 5) is 29.1. The lowest BCUT2D eigenvalue weighted by Gasteiger charge is -2.17. The highest BCUT2D eigenvalue weighted by atomic mass is 16.4. The van der Waals surface area contributed by atoms with Crippen LogP contribution in [0.1, 0.15) is 19.5 Å². The summed E-state index contributed by atoms with van der Waals surface area (Å²) in [5.41, 5.74) is 0.338. The summed E-state index contributed by atoms with van der Waals surface area (Å²) in [5.74, 6) is -2.03. The maximum Gasteiger partial charge on any atom is 0.307 e. The molecule has 1 N–H and O–H groups in total. The van der Waals surface area contributed by atoms with E-state index in [1.54, 1.807) is 18.1 Å². The monoisotopic (exact) mass is 262 g/mol. The summed E-state index contributed by atoms with van der Waals surface area (Å²) in [6.45, 7) is 4.05. The van der Waals surface area contributed by atoms with Crippen LogP contribution in [0.25, 0.3) is 0 Å². The Kier molecular flexibility index (Phi) is 3.30. The number of carbonyl (C=O) groups excluding carboxylic acids is 1. The number of hydrogen-bond acceptors (Lipinski definition) is 3. The zero-order chi connectivity index (χ0) is 14.2. The van der Waals surface area contributed by atoms with Crippen molar-refractivity contribution in [3.63, 3.8) is 0 Å². The largest absolute Gasteiger partial charge is 0.481 e. The molecule has 0 saturated heterocycles. The van der Waals surface area contributed by atoms with E-state index in [1.807, 2.05) is 32.0 Å². The van der Waals surface area contributed by atoms with Gasteiger partial charge in [0.15, 0.2) is 0 Å². The topological polar surface area (TPSA) is 70.5 Å². The quantitative estimate of drug-likeness (QED) is 0.890. The number of rotatable bonds is 4. The molecule has 1 heterocycles. The van der Waals surface area contributed by atoms with E-state index < -0.39 is 23.2 Å². The minimum atomic E-state index is -0.894. The first-order valence-corrected chi connectivity index (χ1v) is 6.23. The third-order valence-electron chi connectivity index (χ3n) is 3.86. The Morgan fingerprint density at radius 1 is 1.37 bits per heavy atom. The highest BCUT2D eigenvalue weighted by Gasteiger charge is 2.66. The van der Waals surface area contributed by atoms with Crippen molar-refractivity contribution in [3.8, 4) is 0 Å². The zero-order valence-electron chi connectivity index (χ0n) is 11.3. The van der Waals surface area contributed by atoms with Crippen molar-refractivity contribution in [3.05, 3.63) is 30.1 Å². The molecule has 2 unspecified atom stereocenters. The number of nitrogens with zero attached hydrogens (tertiary/aromatic N) is 2. The molecule has 1 aromatic heterocycles. The van der Waals surface area contributed by atoms with E-state index in [-0.39, 0.29) is 5.91 Å². The molecule has 19 heavy (non-hydrogen) atoms. The second-order valence-corrected chi connectivity index (χ2v) is 5.63. The van der Waals surface area contributed by atoms with Gasteiger partial charge in [-0.05, 0) is 17.5 Å². The Labute approximate surface area is 112 Å². The van der Waals surface area contributed by atoms with E-state index >= 15 is 0 Å². The van der Waals surface area contributed by atoms with Gasteiger partial charge in [-0.2, -0.15) is 0 Å². The van der Waals surface area contributed by atoms with Crippen molar-refractivity contribution >= 4 is 11.9 Å². The summed E-state index contributed by atoms with van der Waals surface area (Å²) < 4.78 is 0. The molecule has 2 rings (SSSR count). The third-order valence-corrected chi connectivity index (χ3v) is 3.86. The smallest absolute Gasteiger partial charge is 0.307 e. The van der Waals surface area contributed by atoms with Gasteiger partial charge < -0.3 is 10.0 Å². The highest BCUT2D eigenvalue weighted by Crippen LogP contribution is 2.58. The predicted octanol–water partition coefficient (Wildman–Crippen LogP) is 1.40. The number of amides is 1. The number of aliphatic carboxylic acids is 1. The van der Waals surface area contributed by atoms with Crippen LogP contribution >= 0.6 is 0 Å². The molecule has 1 aromatic rings. The minimum Gasteiger partial charge on any atom is -0.481 e. The molecular weight excluding hydrogens is 244 g/mol. The molecule has 0 spiro atoms. The normalized spacial score (nSPS) is 23.7. The van der Waals surface area contributed by atoms with Crippen molar-refractivity contribution in [2.75, 3.05) is 7.05 Å². The third kappa shape index (κ3) is 2.45. The van der Waals surface area contributed by atoms with Crippen molar-refractivity contribution in [2.45, 2.75) is 20.4 Å². The molecule has 102 valence electrons. The van der Waals surface area contributed by atoms with Crippen LogP contribution in [0.2, 0.25) is 0 Å². The Morgan fingerprint density at radius 2 is 2.05 bits per heavy atom. The van der Waals surface area contributed by atoms with Gasteiger partial charge in [0.25, 0.3) is 0 Å². The van der Waals surface area contributed by atoms with Gasteiger partial charge in [-0.1, -0.05) is 19.9 Å². The lowest BCUT2D eigenvalue weighted by Crippen LogP contribution is -2.29. The van der Waals surface area contributed by atoms with Crippen molar-refractivity contribution < 1.29 is 14.7 Å². The second kappa shape index (κ2) is 4.64. The summed E-state index contributed by atoms with van der Waals surface area (Å²) >= 11 is 0. The Hall–Kier alpha value is -1.91. The first-order chi connectivity index (χ1) is 8.85.